The molecule has 2 aromatic rings. The third kappa shape index (κ3) is 4.45. The van der Waals surface area contributed by atoms with Gasteiger partial charge in [-0.15, -0.1) is 0 Å². The standard InChI is InChI=1S/C19H24ClN3O3/c1-5-14(9-24)23-15-8-12(4)22-19(16(15)18(21)25)26-17-10(2)6-13(20)7-11(17)3/h6-8,14,24H,5,9H2,1-4H3,(H2,21,25)(H,22,23). The molecule has 0 spiro atoms. The van der Waals surface area contributed by atoms with E-state index in [4.69, 9.17) is 22.1 Å². The molecule has 1 unspecified atom stereocenters. The van der Waals surface area contributed by atoms with Crippen LogP contribution in [-0.4, -0.2) is 28.6 Å². The highest BCUT2D eigenvalue weighted by molar-refractivity contribution is 6.30. The van der Waals surface area contributed by atoms with Crippen molar-refractivity contribution in [3.8, 4) is 11.6 Å². The Morgan fingerprint density at radius 3 is 2.42 bits per heavy atom. The lowest BCUT2D eigenvalue weighted by Crippen LogP contribution is -2.25. The molecule has 0 saturated heterocycles. The first kappa shape index (κ1) is 20.0. The Morgan fingerprint density at radius 2 is 1.92 bits per heavy atom. The van der Waals surface area contributed by atoms with Crippen LogP contribution in [0.15, 0.2) is 18.2 Å². The molecule has 0 aliphatic carbocycles. The fourth-order valence-electron chi connectivity index (χ4n) is 2.72. The number of hydrogen-bond acceptors (Lipinski definition) is 5. The number of aromatic nitrogens is 1. The van der Waals surface area contributed by atoms with Gasteiger partial charge in [-0.1, -0.05) is 18.5 Å². The molecule has 0 bridgehead atoms. The molecule has 140 valence electrons. The summed E-state index contributed by atoms with van der Waals surface area (Å²) in [5, 5.41) is 13.2. The van der Waals surface area contributed by atoms with E-state index in [0.717, 1.165) is 11.1 Å². The number of hydrogen-bond donors (Lipinski definition) is 3. The van der Waals surface area contributed by atoms with E-state index < -0.39 is 5.91 Å². The number of primary amides is 1. The number of pyridine rings is 1. The van der Waals surface area contributed by atoms with Gasteiger partial charge in [0, 0.05) is 16.8 Å². The monoisotopic (exact) mass is 377 g/mol. The predicted octanol–water partition coefficient (Wildman–Crippen LogP) is 3.73. The number of rotatable bonds is 7. The lowest BCUT2D eigenvalue weighted by Gasteiger charge is -2.20. The molecule has 1 aromatic heterocycles. The molecule has 1 atom stereocenters. The maximum Gasteiger partial charge on any atom is 0.256 e. The van der Waals surface area contributed by atoms with Gasteiger partial charge < -0.3 is 20.9 Å². The zero-order valence-electron chi connectivity index (χ0n) is 15.4. The Balaban J connectivity index is 2.55. The van der Waals surface area contributed by atoms with E-state index in [0.29, 0.717) is 28.6 Å². The molecule has 0 saturated carbocycles. The van der Waals surface area contributed by atoms with Gasteiger partial charge in [0.15, 0.2) is 0 Å². The summed E-state index contributed by atoms with van der Waals surface area (Å²) in [6, 6.07) is 5.07. The summed E-state index contributed by atoms with van der Waals surface area (Å²) < 4.78 is 5.98. The van der Waals surface area contributed by atoms with Crippen LogP contribution in [0.5, 0.6) is 11.6 Å². The average molecular weight is 378 g/mol. The number of amides is 1. The first-order valence-electron chi connectivity index (χ1n) is 8.40. The average Bonchev–Trinajstić information content (AvgIpc) is 2.55. The second-order valence-electron chi connectivity index (χ2n) is 6.26. The SMILES string of the molecule is CCC(CO)Nc1cc(C)nc(Oc2c(C)cc(Cl)cc2C)c1C(N)=O. The molecule has 26 heavy (non-hydrogen) atoms. The van der Waals surface area contributed by atoms with Crippen LogP contribution >= 0.6 is 11.6 Å². The molecule has 0 aliphatic heterocycles. The highest BCUT2D eigenvalue weighted by Gasteiger charge is 2.21. The van der Waals surface area contributed by atoms with Gasteiger partial charge in [0.25, 0.3) is 5.91 Å². The highest BCUT2D eigenvalue weighted by atomic mass is 35.5. The molecular weight excluding hydrogens is 354 g/mol. The Bertz CT molecular complexity index is 797. The van der Waals surface area contributed by atoms with Crippen LogP contribution in [0.1, 0.15) is 40.5 Å². The number of ether oxygens (including phenoxy) is 1. The number of nitrogens with zero attached hydrogens (tertiary/aromatic N) is 1. The van der Waals surface area contributed by atoms with Gasteiger partial charge in [0.2, 0.25) is 5.88 Å². The van der Waals surface area contributed by atoms with Gasteiger partial charge in [0.05, 0.1) is 12.3 Å². The van der Waals surface area contributed by atoms with Crippen LogP contribution < -0.4 is 15.8 Å². The number of nitrogens with one attached hydrogen (secondary N) is 1. The van der Waals surface area contributed by atoms with Crippen molar-refractivity contribution in [2.24, 2.45) is 5.73 Å². The van der Waals surface area contributed by atoms with E-state index in [9.17, 15) is 9.90 Å². The maximum atomic E-state index is 12.1. The normalized spacial score (nSPS) is 11.9. The molecule has 0 radical (unpaired) electrons. The Labute approximate surface area is 158 Å². The van der Waals surface area contributed by atoms with Crippen molar-refractivity contribution in [2.75, 3.05) is 11.9 Å². The summed E-state index contributed by atoms with van der Waals surface area (Å²) in [4.78, 5) is 16.5. The van der Waals surface area contributed by atoms with Gasteiger partial charge in [0.1, 0.15) is 11.3 Å². The van der Waals surface area contributed by atoms with Crippen molar-refractivity contribution >= 4 is 23.2 Å². The van der Waals surface area contributed by atoms with Crippen LogP contribution in [0.25, 0.3) is 0 Å². The summed E-state index contributed by atoms with van der Waals surface area (Å²) in [6.07, 6.45) is 0.682. The van der Waals surface area contributed by atoms with E-state index in [2.05, 4.69) is 10.3 Å². The van der Waals surface area contributed by atoms with Gasteiger partial charge in [-0.25, -0.2) is 4.98 Å². The fourth-order valence-corrected chi connectivity index (χ4v) is 3.05. The summed E-state index contributed by atoms with van der Waals surface area (Å²) in [5.41, 5.74) is 8.54. The lowest BCUT2D eigenvalue weighted by atomic mass is 10.1. The molecule has 1 amide bonds. The number of nitrogens with two attached hydrogens (primary N) is 1. The summed E-state index contributed by atoms with van der Waals surface area (Å²) in [5.74, 6) is 0.0449. The summed E-state index contributed by atoms with van der Waals surface area (Å²) in [6.45, 7) is 7.40. The number of anilines is 1. The second kappa shape index (κ2) is 8.38. The third-order valence-electron chi connectivity index (χ3n) is 4.06. The van der Waals surface area contributed by atoms with Gasteiger partial charge in [-0.2, -0.15) is 0 Å². The fraction of sp³-hybridized carbons (Fsp3) is 0.368. The number of carbonyl (C=O) groups excluding carboxylic acids is 1. The first-order chi connectivity index (χ1) is 12.3. The number of halogens is 1. The minimum atomic E-state index is -0.660. The Morgan fingerprint density at radius 1 is 1.31 bits per heavy atom. The van der Waals surface area contributed by atoms with Gasteiger partial charge >= 0.3 is 0 Å². The second-order valence-corrected chi connectivity index (χ2v) is 6.69. The number of benzene rings is 1. The largest absolute Gasteiger partial charge is 0.438 e. The van der Waals surface area contributed by atoms with Crippen molar-refractivity contribution in [3.63, 3.8) is 0 Å². The van der Waals surface area contributed by atoms with Gasteiger partial charge in [-0.3, -0.25) is 4.79 Å². The molecule has 1 aromatic carbocycles. The van der Waals surface area contributed by atoms with Crippen molar-refractivity contribution in [1.29, 1.82) is 0 Å². The molecule has 2 rings (SSSR count). The minimum absolute atomic E-state index is 0.0678. The number of aliphatic hydroxyl groups excluding tert-OH is 1. The van der Waals surface area contributed by atoms with E-state index in [1.54, 1.807) is 25.1 Å². The lowest BCUT2D eigenvalue weighted by molar-refractivity contribution is 0.0998. The molecule has 0 fully saturated rings. The van der Waals surface area contributed by atoms with E-state index in [1.165, 1.54) is 0 Å². The zero-order chi connectivity index (χ0) is 19.4. The van der Waals surface area contributed by atoms with Gasteiger partial charge in [-0.05, 0) is 56.5 Å². The van der Waals surface area contributed by atoms with Crippen LogP contribution in [0.3, 0.4) is 0 Å². The van der Waals surface area contributed by atoms with E-state index >= 15 is 0 Å². The van der Waals surface area contributed by atoms with Crippen LogP contribution in [0, 0.1) is 20.8 Å². The molecular formula is C19H24ClN3O3. The molecule has 7 heteroatoms. The first-order valence-corrected chi connectivity index (χ1v) is 8.78. The highest BCUT2D eigenvalue weighted by Crippen LogP contribution is 2.34. The molecule has 0 aliphatic rings. The molecule has 4 N–H and O–H groups in total. The summed E-state index contributed by atoms with van der Waals surface area (Å²) >= 11 is 6.07. The van der Waals surface area contributed by atoms with Crippen LogP contribution in [0.2, 0.25) is 5.02 Å². The third-order valence-corrected chi connectivity index (χ3v) is 4.28. The van der Waals surface area contributed by atoms with E-state index in [1.807, 2.05) is 20.8 Å². The van der Waals surface area contributed by atoms with Crippen LogP contribution in [0.4, 0.5) is 5.69 Å². The number of aryl methyl sites for hydroxylation is 3. The predicted molar refractivity (Wildman–Crippen MR) is 103 cm³/mol. The zero-order valence-corrected chi connectivity index (χ0v) is 16.1. The maximum absolute atomic E-state index is 12.1. The Kier molecular flexibility index (Phi) is 6.45. The Hall–Kier alpha value is -2.31. The number of carbonyl (C=O) groups is 1. The van der Waals surface area contributed by atoms with E-state index in [-0.39, 0.29) is 24.1 Å². The smallest absolute Gasteiger partial charge is 0.256 e. The topological polar surface area (TPSA) is 97.5 Å². The van der Waals surface area contributed by atoms with Crippen molar-refractivity contribution in [3.05, 3.63) is 45.6 Å². The quantitative estimate of drug-likeness (QED) is 0.682. The van der Waals surface area contributed by atoms with Crippen molar-refractivity contribution in [1.82, 2.24) is 4.98 Å². The van der Waals surface area contributed by atoms with Crippen molar-refractivity contribution in [2.45, 2.75) is 40.2 Å². The van der Waals surface area contributed by atoms with Crippen molar-refractivity contribution < 1.29 is 14.6 Å². The summed E-state index contributed by atoms with van der Waals surface area (Å²) in [7, 11) is 0. The molecule has 6 nitrogen and oxygen atoms in total. The minimum Gasteiger partial charge on any atom is -0.438 e. The van der Waals surface area contributed by atoms with Crippen LogP contribution in [-0.2, 0) is 0 Å². The molecule has 1 heterocycles. The number of aliphatic hydroxyl groups is 1.